The maximum Gasteiger partial charge on any atom is 0.315 e. The van der Waals surface area contributed by atoms with Crippen LogP contribution in [0.25, 0.3) is 0 Å². The molecule has 1 atom stereocenters. The summed E-state index contributed by atoms with van der Waals surface area (Å²) >= 11 is 0. The topological polar surface area (TPSA) is 87.4 Å². The molecule has 0 saturated carbocycles. The Labute approximate surface area is 119 Å². The van der Waals surface area contributed by atoms with E-state index < -0.39 is 11.0 Å². The van der Waals surface area contributed by atoms with Gasteiger partial charge in [-0.1, -0.05) is 26.3 Å². The van der Waals surface area contributed by atoms with Crippen LogP contribution >= 0.6 is 0 Å². The molecule has 1 unspecified atom stereocenters. The number of aliphatic hydroxyl groups excluding tert-OH is 1. The van der Waals surface area contributed by atoms with Gasteiger partial charge in [-0.25, -0.2) is 0 Å². The Hall–Kier alpha value is -1.82. The quantitative estimate of drug-likeness (QED) is 0.478. The molecule has 6 nitrogen and oxygen atoms in total. The van der Waals surface area contributed by atoms with E-state index in [-0.39, 0.29) is 5.69 Å². The van der Waals surface area contributed by atoms with Crippen molar-refractivity contribution in [1.29, 1.82) is 0 Å². The number of para-hydroxylation sites is 1. The molecule has 1 rings (SSSR count). The number of benzene rings is 1. The molecule has 0 fully saturated rings. The van der Waals surface area contributed by atoms with Crippen molar-refractivity contribution in [2.75, 3.05) is 23.7 Å². The zero-order chi connectivity index (χ0) is 15.0. The van der Waals surface area contributed by atoms with Crippen LogP contribution in [0.15, 0.2) is 18.2 Å². The Morgan fingerprint density at radius 3 is 2.45 bits per heavy atom. The first-order chi connectivity index (χ1) is 9.60. The Bertz CT molecular complexity index is 438. The maximum absolute atomic E-state index is 11.2. The molecule has 1 aromatic carbocycles. The number of anilines is 2. The highest BCUT2D eigenvalue weighted by atomic mass is 16.6. The number of nitro benzene ring substituents is 1. The lowest BCUT2D eigenvalue weighted by Crippen LogP contribution is -2.19. The Kier molecular flexibility index (Phi) is 6.79. The van der Waals surface area contributed by atoms with Gasteiger partial charge < -0.3 is 15.7 Å². The van der Waals surface area contributed by atoms with Gasteiger partial charge in [-0.15, -0.1) is 0 Å². The molecule has 112 valence electrons. The third-order valence-corrected chi connectivity index (χ3v) is 2.93. The summed E-state index contributed by atoms with van der Waals surface area (Å²) in [4.78, 5) is 10.8. The van der Waals surface area contributed by atoms with E-state index in [9.17, 15) is 15.2 Å². The molecule has 0 saturated heterocycles. The third kappa shape index (κ3) is 4.70. The second-order valence-corrected chi connectivity index (χ2v) is 4.71. The van der Waals surface area contributed by atoms with Gasteiger partial charge in [-0.3, -0.25) is 10.1 Å². The molecule has 1 aromatic rings. The molecule has 20 heavy (non-hydrogen) atoms. The first-order valence-electron chi connectivity index (χ1n) is 7.03. The summed E-state index contributed by atoms with van der Waals surface area (Å²) in [6.45, 7) is 4.98. The highest BCUT2D eigenvalue weighted by molar-refractivity contribution is 5.76. The molecular formula is C14H23N3O3. The van der Waals surface area contributed by atoms with Gasteiger partial charge in [0.2, 0.25) is 0 Å². The molecule has 6 heteroatoms. The first-order valence-corrected chi connectivity index (χ1v) is 7.03. The smallest absolute Gasteiger partial charge is 0.315 e. The minimum atomic E-state index is -0.494. The maximum atomic E-state index is 11.2. The molecule has 0 aliphatic rings. The third-order valence-electron chi connectivity index (χ3n) is 2.93. The molecule has 0 aromatic heterocycles. The van der Waals surface area contributed by atoms with Crippen LogP contribution in [-0.4, -0.2) is 29.2 Å². The van der Waals surface area contributed by atoms with Gasteiger partial charge in [0.05, 0.1) is 11.0 Å². The lowest BCUT2D eigenvalue weighted by atomic mass is 10.2. The second-order valence-electron chi connectivity index (χ2n) is 4.71. The van der Waals surface area contributed by atoms with E-state index in [1.165, 1.54) is 0 Å². The van der Waals surface area contributed by atoms with Crippen LogP contribution in [0, 0.1) is 10.1 Å². The van der Waals surface area contributed by atoms with Gasteiger partial charge in [0.15, 0.2) is 0 Å². The second kappa shape index (κ2) is 8.37. The van der Waals surface area contributed by atoms with Crippen molar-refractivity contribution in [3.8, 4) is 0 Å². The number of rotatable bonds is 9. The number of hydrogen-bond donors (Lipinski definition) is 3. The Morgan fingerprint density at radius 2 is 1.90 bits per heavy atom. The van der Waals surface area contributed by atoms with Crippen molar-refractivity contribution in [3.05, 3.63) is 28.3 Å². The number of aliphatic hydroxyl groups is 1. The van der Waals surface area contributed by atoms with Gasteiger partial charge in [0, 0.05) is 13.1 Å². The van der Waals surface area contributed by atoms with E-state index in [2.05, 4.69) is 10.6 Å². The molecule has 0 amide bonds. The van der Waals surface area contributed by atoms with Crippen LogP contribution < -0.4 is 10.6 Å². The van der Waals surface area contributed by atoms with E-state index in [0.29, 0.717) is 30.9 Å². The first kappa shape index (κ1) is 16.2. The predicted molar refractivity (Wildman–Crippen MR) is 81.3 cm³/mol. The van der Waals surface area contributed by atoms with E-state index in [1.807, 2.05) is 13.8 Å². The predicted octanol–water partition coefficient (Wildman–Crippen LogP) is 2.99. The van der Waals surface area contributed by atoms with Crippen molar-refractivity contribution in [2.45, 2.75) is 39.2 Å². The number of nitrogens with one attached hydrogen (secondary N) is 2. The van der Waals surface area contributed by atoms with Crippen molar-refractivity contribution >= 4 is 17.1 Å². The molecule has 3 N–H and O–H groups in total. The van der Waals surface area contributed by atoms with E-state index >= 15 is 0 Å². The van der Waals surface area contributed by atoms with Crippen LogP contribution in [0.2, 0.25) is 0 Å². The number of nitro groups is 1. The summed E-state index contributed by atoms with van der Waals surface area (Å²) in [6.07, 6.45) is 1.95. The summed E-state index contributed by atoms with van der Waals surface area (Å²) < 4.78 is 0. The van der Waals surface area contributed by atoms with E-state index in [4.69, 9.17) is 0 Å². The zero-order valence-corrected chi connectivity index (χ0v) is 12.1. The van der Waals surface area contributed by atoms with Crippen LogP contribution in [0.5, 0.6) is 0 Å². The summed E-state index contributed by atoms with van der Waals surface area (Å²) in [5, 5.41) is 27.0. The molecule has 0 aliphatic heterocycles. The van der Waals surface area contributed by atoms with Gasteiger partial charge in [-0.2, -0.15) is 0 Å². The van der Waals surface area contributed by atoms with Crippen molar-refractivity contribution in [2.24, 2.45) is 0 Å². The minimum Gasteiger partial charge on any atom is -0.391 e. The van der Waals surface area contributed by atoms with Gasteiger partial charge >= 0.3 is 5.69 Å². The van der Waals surface area contributed by atoms with Gasteiger partial charge in [0.1, 0.15) is 11.4 Å². The number of hydrogen-bond acceptors (Lipinski definition) is 5. The molecular weight excluding hydrogens is 258 g/mol. The Morgan fingerprint density at radius 1 is 1.25 bits per heavy atom. The molecule has 0 heterocycles. The normalized spacial score (nSPS) is 11.9. The van der Waals surface area contributed by atoms with Crippen molar-refractivity contribution in [3.63, 3.8) is 0 Å². The van der Waals surface area contributed by atoms with E-state index in [0.717, 1.165) is 12.8 Å². The SMILES string of the molecule is CCCNc1cccc(NCC(O)CCC)c1[N+](=O)[O-]. The summed E-state index contributed by atoms with van der Waals surface area (Å²) in [5.41, 5.74) is 0.975. The highest BCUT2D eigenvalue weighted by Crippen LogP contribution is 2.32. The molecule has 0 spiro atoms. The molecule has 0 bridgehead atoms. The van der Waals surface area contributed by atoms with Crippen molar-refractivity contribution < 1.29 is 10.0 Å². The average Bonchev–Trinajstić information content (AvgIpc) is 2.42. The molecule has 0 aliphatic carbocycles. The summed E-state index contributed by atoms with van der Waals surface area (Å²) in [7, 11) is 0. The minimum absolute atomic E-state index is 0.0321. The lowest BCUT2D eigenvalue weighted by molar-refractivity contribution is -0.383. The fourth-order valence-electron chi connectivity index (χ4n) is 1.95. The standard InChI is InChI=1S/C14H23N3O3/c1-3-6-11(18)10-16-13-8-5-7-12(15-9-4-2)14(13)17(19)20/h5,7-8,11,15-16,18H,3-4,6,9-10H2,1-2H3. The monoisotopic (exact) mass is 281 g/mol. The highest BCUT2D eigenvalue weighted by Gasteiger charge is 2.19. The Balaban J connectivity index is 2.86. The van der Waals surface area contributed by atoms with Crippen molar-refractivity contribution in [1.82, 2.24) is 0 Å². The molecule has 0 radical (unpaired) electrons. The fraction of sp³-hybridized carbons (Fsp3) is 0.571. The van der Waals surface area contributed by atoms with Crippen LogP contribution in [0.3, 0.4) is 0 Å². The van der Waals surface area contributed by atoms with Crippen LogP contribution in [-0.2, 0) is 0 Å². The number of nitrogens with zero attached hydrogens (tertiary/aromatic N) is 1. The van der Waals surface area contributed by atoms with E-state index in [1.54, 1.807) is 18.2 Å². The largest absolute Gasteiger partial charge is 0.391 e. The van der Waals surface area contributed by atoms with Gasteiger partial charge in [-0.05, 0) is 25.0 Å². The lowest BCUT2D eigenvalue weighted by Gasteiger charge is -2.14. The average molecular weight is 281 g/mol. The summed E-state index contributed by atoms with van der Waals surface area (Å²) in [6, 6.07) is 5.12. The summed E-state index contributed by atoms with van der Waals surface area (Å²) in [5.74, 6) is 0. The zero-order valence-electron chi connectivity index (χ0n) is 12.1. The fourth-order valence-corrected chi connectivity index (χ4v) is 1.95. The van der Waals surface area contributed by atoms with Crippen LogP contribution in [0.4, 0.5) is 17.1 Å². The van der Waals surface area contributed by atoms with Crippen LogP contribution in [0.1, 0.15) is 33.1 Å². The van der Waals surface area contributed by atoms with Gasteiger partial charge in [0.25, 0.3) is 0 Å².